The van der Waals surface area contributed by atoms with Crippen molar-refractivity contribution in [1.82, 2.24) is 34.2 Å². The van der Waals surface area contributed by atoms with E-state index in [0.717, 1.165) is 43.4 Å². The van der Waals surface area contributed by atoms with Crippen molar-refractivity contribution in [2.75, 3.05) is 13.1 Å². The van der Waals surface area contributed by atoms with E-state index in [0.29, 0.717) is 12.5 Å². The summed E-state index contributed by atoms with van der Waals surface area (Å²) in [4.78, 5) is 11.0. The van der Waals surface area contributed by atoms with Crippen molar-refractivity contribution in [2.45, 2.75) is 31.8 Å². The van der Waals surface area contributed by atoms with Crippen LogP contribution in [0.15, 0.2) is 43.1 Å². The van der Waals surface area contributed by atoms with Gasteiger partial charge in [0.1, 0.15) is 5.82 Å². The van der Waals surface area contributed by atoms with Gasteiger partial charge in [-0.05, 0) is 31.5 Å². The van der Waals surface area contributed by atoms with Gasteiger partial charge in [0.2, 0.25) is 0 Å². The monoisotopic (exact) mass is 337 g/mol. The van der Waals surface area contributed by atoms with Crippen molar-refractivity contribution in [3.63, 3.8) is 0 Å². The van der Waals surface area contributed by atoms with Crippen molar-refractivity contribution in [3.8, 4) is 0 Å². The van der Waals surface area contributed by atoms with E-state index in [2.05, 4.69) is 48.8 Å². The molecular weight excluding hydrogens is 314 g/mol. The molecule has 1 aliphatic rings. The molecule has 0 aliphatic carbocycles. The Labute approximate surface area is 147 Å². The van der Waals surface area contributed by atoms with Crippen LogP contribution in [0.3, 0.4) is 0 Å². The van der Waals surface area contributed by atoms with Crippen molar-refractivity contribution < 1.29 is 0 Å². The van der Waals surface area contributed by atoms with Crippen LogP contribution in [0.1, 0.15) is 36.1 Å². The van der Waals surface area contributed by atoms with E-state index in [-0.39, 0.29) is 0 Å². The molecule has 7 heteroatoms. The van der Waals surface area contributed by atoms with Gasteiger partial charge in [0.15, 0.2) is 5.82 Å². The zero-order valence-corrected chi connectivity index (χ0v) is 14.5. The average Bonchev–Trinajstić information content (AvgIpc) is 3.27. The number of imidazole rings is 1. The van der Waals surface area contributed by atoms with Crippen molar-refractivity contribution >= 4 is 0 Å². The van der Waals surface area contributed by atoms with Crippen LogP contribution < -0.4 is 0 Å². The van der Waals surface area contributed by atoms with Crippen LogP contribution in [0, 0.1) is 0 Å². The Balaban J connectivity index is 1.45. The highest BCUT2D eigenvalue weighted by molar-refractivity contribution is 5.07. The first-order chi connectivity index (χ1) is 12.3. The number of likely N-dealkylation sites (tertiary alicyclic amines) is 1. The molecule has 3 aromatic rings. The number of piperidine rings is 1. The van der Waals surface area contributed by atoms with E-state index in [1.165, 1.54) is 6.42 Å². The predicted octanol–water partition coefficient (Wildman–Crippen LogP) is 1.83. The fourth-order valence-corrected chi connectivity index (χ4v) is 3.54. The fourth-order valence-electron chi connectivity index (χ4n) is 3.54. The SMILES string of the molecule is Cn1c(Cn2ccnc2)nnc1[C@H]1CCCN(Cc2ccccn2)C1. The molecule has 0 radical (unpaired) electrons. The van der Waals surface area contributed by atoms with Crippen LogP contribution in [-0.2, 0) is 20.1 Å². The summed E-state index contributed by atoms with van der Waals surface area (Å²) in [5, 5.41) is 8.91. The first-order valence-corrected chi connectivity index (χ1v) is 8.76. The molecule has 0 bridgehead atoms. The molecule has 0 spiro atoms. The minimum absolute atomic E-state index is 0.423. The Morgan fingerprint density at radius 3 is 2.92 bits per heavy atom. The van der Waals surface area contributed by atoms with Gasteiger partial charge in [-0.15, -0.1) is 10.2 Å². The molecule has 0 N–H and O–H groups in total. The first-order valence-electron chi connectivity index (χ1n) is 8.76. The Hall–Kier alpha value is -2.54. The van der Waals surface area contributed by atoms with Gasteiger partial charge in [-0.25, -0.2) is 4.98 Å². The number of hydrogen-bond acceptors (Lipinski definition) is 5. The maximum atomic E-state index is 4.50. The smallest absolute Gasteiger partial charge is 0.152 e. The van der Waals surface area contributed by atoms with E-state index in [1.54, 1.807) is 6.20 Å². The lowest BCUT2D eigenvalue weighted by Gasteiger charge is -2.31. The zero-order chi connectivity index (χ0) is 17.1. The van der Waals surface area contributed by atoms with Crippen molar-refractivity contribution in [1.29, 1.82) is 0 Å². The standard InChI is InChI=1S/C18H23N7/c1-23-17(13-25-10-8-19-14-25)21-22-18(23)15-5-4-9-24(11-15)12-16-6-2-3-7-20-16/h2-3,6-8,10,14-15H,4-5,9,11-13H2,1H3/t15-/m0/s1. The van der Waals surface area contributed by atoms with Crippen LogP contribution in [0.2, 0.25) is 0 Å². The molecule has 4 rings (SSSR count). The maximum Gasteiger partial charge on any atom is 0.152 e. The van der Waals surface area contributed by atoms with Gasteiger partial charge in [0.05, 0.1) is 18.6 Å². The summed E-state index contributed by atoms with van der Waals surface area (Å²) < 4.78 is 4.16. The lowest BCUT2D eigenvalue weighted by Crippen LogP contribution is -2.35. The largest absolute Gasteiger partial charge is 0.330 e. The Kier molecular flexibility index (Phi) is 4.56. The van der Waals surface area contributed by atoms with Crippen molar-refractivity contribution in [2.24, 2.45) is 7.05 Å². The Bertz CT molecular complexity index is 794. The lowest BCUT2D eigenvalue weighted by molar-refractivity contribution is 0.193. The van der Waals surface area contributed by atoms with E-state index in [4.69, 9.17) is 0 Å². The lowest BCUT2D eigenvalue weighted by atomic mass is 9.97. The zero-order valence-electron chi connectivity index (χ0n) is 14.5. The molecule has 7 nitrogen and oxygen atoms in total. The van der Waals surface area contributed by atoms with E-state index in [9.17, 15) is 0 Å². The second-order valence-electron chi connectivity index (χ2n) is 6.66. The summed E-state index contributed by atoms with van der Waals surface area (Å²) in [6, 6.07) is 6.10. The molecule has 1 saturated heterocycles. The summed E-state index contributed by atoms with van der Waals surface area (Å²) in [6.45, 7) is 3.73. The van der Waals surface area contributed by atoms with Crippen LogP contribution in [0.25, 0.3) is 0 Å². The van der Waals surface area contributed by atoms with Gasteiger partial charge >= 0.3 is 0 Å². The minimum Gasteiger partial charge on any atom is -0.330 e. The van der Waals surface area contributed by atoms with Gasteiger partial charge < -0.3 is 9.13 Å². The summed E-state index contributed by atoms with van der Waals surface area (Å²) >= 11 is 0. The van der Waals surface area contributed by atoms with E-state index < -0.39 is 0 Å². The number of pyridine rings is 1. The number of nitrogens with zero attached hydrogens (tertiary/aromatic N) is 7. The highest BCUT2D eigenvalue weighted by atomic mass is 15.3. The third-order valence-electron chi connectivity index (χ3n) is 4.86. The van der Waals surface area contributed by atoms with Gasteiger partial charge in [-0.3, -0.25) is 9.88 Å². The molecule has 1 aliphatic heterocycles. The Morgan fingerprint density at radius 1 is 1.16 bits per heavy atom. The molecule has 0 amide bonds. The van der Waals surface area contributed by atoms with E-state index >= 15 is 0 Å². The summed E-state index contributed by atoms with van der Waals surface area (Å²) in [7, 11) is 2.07. The molecule has 1 atom stereocenters. The first kappa shape index (κ1) is 16.0. The highest BCUT2D eigenvalue weighted by Crippen LogP contribution is 2.26. The van der Waals surface area contributed by atoms with Crippen LogP contribution in [-0.4, -0.2) is 47.3 Å². The second-order valence-corrected chi connectivity index (χ2v) is 6.66. The summed E-state index contributed by atoms with van der Waals surface area (Å²) in [5.74, 6) is 2.47. The third kappa shape index (κ3) is 3.61. The van der Waals surface area contributed by atoms with Gasteiger partial charge in [-0.2, -0.15) is 0 Å². The van der Waals surface area contributed by atoms with E-state index in [1.807, 2.05) is 29.4 Å². The summed E-state index contributed by atoms with van der Waals surface area (Å²) in [6.07, 6.45) is 9.75. The normalized spacial score (nSPS) is 18.5. The Morgan fingerprint density at radius 2 is 2.12 bits per heavy atom. The fraction of sp³-hybridized carbons (Fsp3) is 0.444. The average molecular weight is 337 g/mol. The summed E-state index contributed by atoms with van der Waals surface area (Å²) in [5.41, 5.74) is 1.13. The molecule has 1 fully saturated rings. The van der Waals surface area contributed by atoms with Crippen LogP contribution >= 0.6 is 0 Å². The topological polar surface area (TPSA) is 64.7 Å². The molecular formula is C18H23N7. The van der Waals surface area contributed by atoms with Gasteiger partial charge in [0, 0.05) is 44.6 Å². The molecule has 0 saturated carbocycles. The van der Waals surface area contributed by atoms with Gasteiger partial charge in [-0.1, -0.05) is 6.07 Å². The number of hydrogen-bond donors (Lipinski definition) is 0. The quantitative estimate of drug-likeness (QED) is 0.711. The number of rotatable bonds is 5. The predicted molar refractivity (Wildman–Crippen MR) is 93.8 cm³/mol. The molecule has 3 aromatic heterocycles. The molecule has 130 valence electrons. The minimum atomic E-state index is 0.423. The van der Waals surface area contributed by atoms with Gasteiger partial charge in [0.25, 0.3) is 0 Å². The van der Waals surface area contributed by atoms with Crippen LogP contribution in [0.4, 0.5) is 0 Å². The second kappa shape index (κ2) is 7.14. The maximum absolute atomic E-state index is 4.50. The van der Waals surface area contributed by atoms with Crippen LogP contribution in [0.5, 0.6) is 0 Å². The number of aromatic nitrogens is 6. The molecule has 0 unspecified atom stereocenters. The molecule has 4 heterocycles. The van der Waals surface area contributed by atoms with Crippen molar-refractivity contribution in [3.05, 3.63) is 60.5 Å². The highest BCUT2D eigenvalue weighted by Gasteiger charge is 2.26. The third-order valence-corrected chi connectivity index (χ3v) is 4.86. The molecule has 0 aromatic carbocycles. The molecule has 25 heavy (non-hydrogen) atoms.